The van der Waals surface area contributed by atoms with Crippen LogP contribution in [-0.2, 0) is 11.2 Å². The normalized spacial score (nSPS) is 24.3. The van der Waals surface area contributed by atoms with Gasteiger partial charge in [-0.1, -0.05) is 18.9 Å². The Bertz CT molecular complexity index is 367. The zero-order valence-electron chi connectivity index (χ0n) is 9.80. The lowest BCUT2D eigenvalue weighted by Crippen LogP contribution is -2.45. The van der Waals surface area contributed by atoms with Crippen molar-refractivity contribution >= 4 is 5.91 Å². The third-order valence-corrected chi connectivity index (χ3v) is 3.14. The first kappa shape index (κ1) is 12.0. The van der Waals surface area contributed by atoms with E-state index < -0.39 is 6.10 Å². The van der Waals surface area contributed by atoms with E-state index in [0.717, 1.165) is 31.4 Å². The molecule has 1 aliphatic carbocycles. The highest BCUT2D eigenvalue weighted by Gasteiger charge is 2.24. The fraction of sp³-hybridized carbons (Fsp3) is 0.538. The van der Waals surface area contributed by atoms with Crippen LogP contribution in [0.4, 0.5) is 0 Å². The van der Waals surface area contributed by atoms with E-state index in [1.165, 1.54) is 0 Å². The fourth-order valence-corrected chi connectivity index (χ4v) is 2.20. The highest BCUT2D eigenvalue weighted by atomic mass is 16.3. The Balaban J connectivity index is 1.84. The summed E-state index contributed by atoms with van der Waals surface area (Å²) < 4.78 is 0. The topological polar surface area (TPSA) is 62.2 Å². The van der Waals surface area contributed by atoms with Gasteiger partial charge in [0, 0.05) is 11.9 Å². The number of pyridine rings is 1. The minimum absolute atomic E-state index is 0.0605. The maximum atomic E-state index is 11.8. The van der Waals surface area contributed by atoms with Gasteiger partial charge in [-0.3, -0.25) is 9.78 Å². The summed E-state index contributed by atoms with van der Waals surface area (Å²) in [5.41, 5.74) is 0.760. The molecule has 4 heteroatoms. The molecule has 1 heterocycles. The first-order valence-electron chi connectivity index (χ1n) is 6.13. The first-order chi connectivity index (χ1) is 8.25. The molecule has 1 aromatic rings. The molecule has 4 nitrogen and oxygen atoms in total. The van der Waals surface area contributed by atoms with Gasteiger partial charge in [-0.2, -0.15) is 0 Å². The molecule has 1 saturated carbocycles. The number of carbonyl (C=O) groups is 1. The Morgan fingerprint density at radius 1 is 1.41 bits per heavy atom. The van der Waals surface area contributed by atoms with Crippen LogP contribution in [0.2, 0.25) is 0 Å². The average Bonchev–Trinajstić information content (AvgIpc) is 2.33. The van der Waals surface area contributed by atoms with Crippen molar-refractivity contribution in [2.24, 2.45) is 0 Å². The maximum absolute atomic E-state index is 11.8. The lowest BCUT2D eigenvalue weighted by Gasteiger charge is -2.28. The Kier molecular flexibility index (Phi) is 4.09. The van der Waals surface area contributed by atoms with Gasteiger partial charge in [-0.05, 0) is 25.0 Å². The van der Waals surface area contributed by atoms with Crippen LogP contribution < -0.4 is 5.32 Å². The molecule has 1 fully saturated rings. The number of hydrogen-bond donors (Lipinski definition) is 2. The van der Waals surface area contributed by atoms with Crippen molar-refractivity contribution in [1.29, 1.82) is 0 Å². The zero-order chi connectivity index (χ0) is 12.1. The lowest BCUT2D eigenvalue weighted by atomic mass is 9.92. The molecule has 0 saturated heterocycles. The number of aromatic nitrogens is 1. The van der Waals surface area contributed by atoms with Crippen LogP contribution in [0.25, 0.3) is 0 Å². The number of hydrogen-bond acceptors (Lipinski definition) is 3. The fourth-order valence-electron chi connectivity index (χ4n) is 2.20. The monoisotopic (exact) mass is 234 g/mol. The van der Waals surface area contributed by atoms with Crippen LogP contribution in [0.1, 0.15) is 31.4 Å². The Labute approximate surface area is 101 Å². The van der Waals surface area contributed by atoms with E-state index in [4.69, 9.17) is 0 Å². The Morgan fingerprint density at radius 2 is 2.24 bits per heavy atom. The summed E-state index contributed by atoms with van der Waals surface area (Å²) >= 11 is 0. The van der Waals surface area contributed by atoms with Crippen LogP contribution in [0.3, 0.4) is 0 Å². The average molecular weight is 234 g/mol. The third-order valence-electron chi connectivity index (χ3n) is 3.14. The van der Waals surface area contributed by atoms with Crippen molar-refractivity contribution in [3.63, 3.8) is 0 Å². The summed E-state index contributed by atoms with van der Waals surface area (Å²) in [6, 6.07) is 5.44. The van der Waals surface area contributed by atoms with Crippen molar-refractivity contribution in [3.05, 3.63) is 30.1 Å². The number of amides is 1. The molecule has 0 spiro atoms. The van der Waals surface area contributed by atoms with Crippen molar-refractivity contribution in [3.8, 4) is 0 Å². The number of nitrogens with zero attached hydrogens (tertiary/aromatic N) is 1. The van der Waals surface area contributed by atoms with E-state index in [9.17, 15) is 9.90 Å². The molecule has 2 atom stereocenters. The van der Waals surface area contributed by atoms with Gasteiger partial charge >= 0.3 is 0 Å². The first-order valence-corrected chi connectivity index (χ1v) is 6.13. The van der Waals surface area contributed by atoms with E-state index in [2.05, 4.69) is 10.3 Å². The largest absolute Gasteiger partial charge is 0.391 e. The summed E-state index contributed by atoms with van der Waals surface area (Å²) in [6.07, 6.45) is 5.35. The minimum atomic E-state index is -0.392. The molecule has 0 aliphatic heterocycles. The van der Waals surface area contributed by atoms with E-state index in [-0.39, 0.29) is 18.4 Å². The molecule has 2 N–H and O–H groups in total. The third kappa shape index (κ3) is 3.53. The quantitative estimate of drug-likeness (QED) is 0.821. The number of rotatable bonds is 3. The molecule has 1 amide bonds. The number of carbonyl (C=O) groups excluding carboxylic acids is 1. The molecular weight excluding hydrogens is 216 g/mol. The maximum Gasteiger partial charge on any atom is 0.226 e. The number of aliphatic hydroxyl groups is 1. The predicted octanol–water partition coefficient (Wildman–Crippen LogP) is 1.04. The molecule has 92 valence electrons. The van der Waals surface area contributed by atoms with E-state index in [0.29, 0.717) is 0 Å². The van der Waals surface area contributed by atoms with Crippen LogP contribution >= 0.6 is 0 Å². The van der Waals surface area contributed by atoms with E-state index in [1.807, 2.05) is 18.2 Å². The van der Waals surface area contributed by atoms with Gasteiger partial charge in [0.2, 0.25) is 5.91 Å². The van der Waals surface area contributed by atoms with Crippen LogP contribution in [0.15, 0.2) is 24.4 Å². The molecule has 0 bridgehead atoms. The van der Waals surface area contributed by atoms with Gasteiger partial charge in [0.15, 0.2) is 0 Å². The lowest BCUT2D eigenvalue weighted by molar-refractivity contribution is -0.122. The SMILES string of the molecule is O=C(Cc1ccccn1)N[C@@H]1CCCC[C@H]1O. The zero-order valence-corrected chi connectivity index (χ0v) is 9.80. The van der Waals surface area contributed by atoms with Gasteiger partial charge < -0.3 is 10.4 Å². The van der Waals surface area contributed by atoms with Crippen LogP contribution in [-0.4, -0.2) is 28.1 Å². The summed E-state index contributed by atoms with van der Waals surface area (Å²) in [6.45, 7) is 0. The molecule has 17 heavy (non-hydrogen) atoms. The van der Waals surface area contributed by atoms with Gasteiger partial charge in [-0.25, -0.2) is 0 Å². The van der Waals surface area contributed by atoms with Gasteiger partial charge in [-0.15, -0.1) is 0 Å². The predicted molar refractivity (Wildman–Crippen MR) is 64.3 cm³/mol. The number of nitrogens with one attached hydrogen (secondary N) is 1. The summed E-state index contributed by atoms with van der Waals surface area (Å²) in [5, 5.41) is 12.6. The molecule has 0 radical (unpaired) electrons. The summed E-state index contributed by atoms with van der Waals surface area (Å²) in [5.74, 6) is -0.0605. The van der Waals surface area contributed by atoms with Gasteiger partial charge in [0.25, 0.3) is 0 Å². The Hall–Kier alpha value is -1.42. The number of aliphatic hydroxyl groups excluding tert-OH is 1. The highest BCUT2D eigenvalue weighted by molar-refractivity contribution is 5.78. The summed E-state index contributed by atoms with van der Waals surface area (Å²) in [4.78, 5) is 15.9. The molecular formula is C13H18N2O2. The van der Waals surface area contributed by atoms with E-state index >= 15 is 0 Å². The highest BCUT2D eigenvalue weighted by Crippen LogP contribution is 2.18. The van der Waals surface area contributed by atoms with Gasteiger partial charge in [0.05, 0.1) is 18.6 Å². The molecule has 1 aromatic heterocycles. The molecule has 0 unspecified atom stereocenters. The van der Waals surface area contributed by atoms with E-state index in [1.54, 1.807) is 6.20 Å². The van der Waals surface area contributed by atoms with Crippen molar-refractivity contribution < 1.29 is 9.90 Å². The molecule has 0 aromatic carbocycles. The molecule has 2 rings (SSSR count). The van der Waals surface area contributed by atoms with Crippen LogP contribution in [0.5, 0.6) is 0 Å². The second kappa shape index (κ2) is 5.77. The van der Waals surface area contributed by atoms with Gasteiger partial charge in [0.1, 0.15) is 0 Å². The van der Waals surface area contributed by atoms with Crippen LogP contribution in [0, 0.1) is 0 Å². The van der Waals surface area contributed by atoms with Crippen molar-refractivity contribution in [2.45, 2.75) is 44.2 Å². The summed E-state index contributed by atoms with van der Waals surface area (Å²) in [7, 11) is 0. The standard InChI is InChI=1S/C13H18N2O2/c16-12-7-2-1-6-11(12)15-13(17)9-10-5-3-4-8-14-10/h3-5,8,11-12,16H,1-2,6-7,9H2,(H,15,17)/t11-,12-/m1/s1. The molecule has 1 aliphatic rings. The van der Waals surface area contributed by atoms with Crippen molar-refractivity contribution in [1.82, 2.24) is 10.3 Å². The van der Waals surface area contributed by atoms with Crippen molar-refractivity contribution in [2.75, 3.05) is 0 Å². The minimum Gasteiger partial charge on any atom is -0.391 e. The second-order valence-corrected chi connectivity index (χ2v) is 4.52. The smallest absolute Gasteiger partial charge is 0.226 e. The Morgan fingerprint density at radius 3 is 2.94 bits per heavy atom. The second-order valence-electron chi connectivity index (χ2n) is 4.52.